The average molecular weight is 280 g/mol. The van der Waals surface area contributed by atoms with Crippen LogP contribution in [0.25, 0.3) is 22.7 Å². The van der Waals surface area contributed by atoms with Gasteiger partial charge >= 0.3 is 0 Å². The van der Waals surface area contributed by atoms with Crippen LogP contribution < -0.4 is 5.73 Å². The van der Waals surface area contributed by atoms with Gasteiger partial charge in [0, 0.05) is 5.38 Å². The van der Waals surface area contributed by atoms with Crippen LogP contribution in [-0.2, 0) is 0 Å². The predicted octanol–water partition coefficient (Wildman–Crippen LogP) is 3.62. The molecule has 2 N–H and O–H groups in total. The van der Waals surface area contributed by atoms with Gasteiger partial charge in [0.1, 0.15) is 16.2 Å². The summed E-state index contributed by atoms with van der Waals surface area (Å²) in [4.78, 5) is 8.77. The molecule has 0 saturated heterocycles. The lowest BCUT2D eigenvalue weighted by Gasteiger charge is -1.95. The molecule has 0 spiro atoms. The van der Waals surface area contributed by atoms with E-state index in [-0.39, 0.29) is 6.04 Å². The van der Waals surface area contributed by atoms with Gasteiger partial charge in [-0.1, -0.05) is 17.7 Å². The highest BCUT2D eigenvalue weighted by Crippen LogP contribution is 2.30. The van der Waals surface area contributed by atoms with Crippen LogP contribution >= 0.6 is 22.9 Å². The Bertz CT molecular complexity index is 704. The maximum Gasteiger partial charge on any atom is 0.247 e. The third-order valence-electron chi connectivity index (χ3n) is 2.50. The Kier molecular flexibility index (Phi) is 2.81. The van der Waals surface area contributed by atoms with E-state index in [1.165, 1.54) is 11.3 Å². The molecule has 0 radical (unpaired) electrons. The molecule has 0 aliphatic heterocycles. The Morgan fingerprint density at radius 3 is 2.89 bits per heavy atom. The number of aromatic nitrogens is 2. The monoisotopic (exact) mass is 279 g/mol. The highest BCUT2D eigenvalue weighted by Gasteiger charge is 2.14. The molecule has 0 saturated carbocycles. The Balaban J connectivity index is 2.10. The molecule has 92 valence electrons. The Morgan fingerprint density at radius 1 is 1.39 bits per heavy atom. The van der Waals surface area contributed by atoms with Crippen molar-refractivity contribution < 1.29 is 4.42 Å². The number of thiazole rings is 1. The molecule has 1 atom stereocenters. The molecule has 0 amide bonds. The molecular weight excluding hydrogens is 270 g/mol. The van der Waals surface area contributed by atoms with E-state index in [1.54, 1.807) is 6.07 Å². The molecule has 1 unspecified atom stereocenters. The van der Waals surface area contributed by atoms with Crippen LogP contribution in [0.5, 0.6) is 0 Å². The number of rotatable bonds is 2. The molecule has 0 bridgehead atoms. The van der Waals surface area contributed by atoms with Crippen molar-refractivity contribution in [3.63, 3.8) is 0 Å². The summed E-state index contributed by atoms with van der Waals surface area (Å²) in [6.45, 7) is 1.89. The van der Waals surface area contributed by atoms with Gasteiger partial charge in [-0.25, -0.2) is 9.97 Å². The fourth-order valence-corrected chi connectivity index (χ4v) is 2.58. The Labute approximate surface area is 112 Å². The molecule has 0 fully saturated rings. The van der Waals surface area contributed by atoms with Crippen LogP contribution in [0.2, 0.25) is 5.02 Å². The van der Waals surface area contributed by atoms with Gasteiger partial charge in [0.25, 0.3) is 0 Å². The molecule has 0 aliphatic carbocycles. The lowest BCUT2D eigenvalue weighted by atomic mass is 10.3. The first-order chi connectivity index (χ1) is 8.65. The van der Waals surface area contributed by atoms with Crippen LogP contribution in [-0.4, -0.2) is 9.97 Å². The van der Waals surface area contributed by atoms with Gasteiger partial charge in [-0.15, -0.1) is 11.3 Å². The summed E-state index contributed by atoms with van der Waals surface area (Å²) in [6, 6.07) is 5.38. The summed E-state index contributed by atoms with van der Waals surface area (Å²) in [6.07, 6.45) is 0. The Hall–Kier alpha value is -1.43. The molecule has 6 heteroatoms. The summed E-state index contributed by atoms with van der Waals surface area (Å²) in [5, 5.41) is 3.30. The smallest absolute Gasteiger partial charge is 0.247 e. The van der Waals surface area contributed by atoms with E-state index in [1.807, 2.05) is 24.4 Å². The van der Waals surface area contributed by atoms with Gasteiger partial charge in [-0.2, -0.15) is 0 Å². The first-order valence-electron chi connectivity index (χ1n) is 5.41. The summed E-state index contributed by atoms with van der Waals surface area (Å²) < 4.78 is 5.64. The van der Waals surface area contributed by atoms with Crippen molar-refractivity contribution in [3.8, 4) is 11.6 Å². The third kappa shape index (κ3) is 1.90. The zero-order chi connectivity index (χ0) is 12.7. The maximum atomic E-state index is 6.04. The van der Waals surface area contributed by atoms with Crippen molar-refractivity contribution in [1.82, 2.24) is 9.97 Å². The molecule has 2 heterocycles. The van der Waals surface area contributed by atoms with Crippen molar-refractivity contribution in [3.05, 3.63) is 33.6 Å². The third-order valence-corrected chi connectivity index (χ3v) is 3.84. The minimum atomic E-state index is -0.0864. The van der Waals surface area contributed by atoms with E-state index >= 15 is 0 Å². The summed E-state index contributed by atoms with van der Waals surface area (Å²) in [5.74, 6) is 0.473. The van der Waals surface area contributed by atoms with Crippen molar-refractivity contribution in [2.24, 2.45) is 5.73 Å². The number of para-hydroxylation sites is 1. The SMILES string of the molecule is CC(N)c1nc(-c2nc3cccc(Cl)c3o2)cs1. The zero-order valence-electron chi connectivity index (χ0n) is 9.55. The van der Waals surface area contributed by atoms with E-state index in [2.05, 4.69) is 9.97 Å². The first-order valence-corrected chi connectivity index (χ1v) is 6.67. The van der Waals surface area contributed by atoms with E-state index in [9.17, 15) is 0 Å². The molecule has 0 aliphatic rings. The number of hydrogen-bond acceptors (Lipinski definition) is 5. The lowest BCUT2D eigenvalue weighted by Crippen LogP contribution is -2.03. The van der Waals surface area contributed by atoms with Crippen LogP contribution in [0.1, 0.15) is 18.0 Å². The highest BCUT2D eigenvalue weighted by atomic mass is 35.5. The van der Waals surface area contributed by atoms with Gasteiger partial charge in [0.2, 0.25) is 5.89 Å². The second kappa shape index (κ2) is 4.35. The maximum absolute atomic E-state index is 6.04. The van der Waals surface area contributed by atoms with E-state index < -0.39 is 0 Å². The van der Waals surface area contributed by atoms with Gasteiger partial charge in [-0.05, 0) is 19.1 Å². The summed E-state index contributed by atoms with van der Waals surface area (Å²) >= 11 is 7.54. The average Bonchev–Trinajstić information content (AvgIpc) is 2.95. The van der Waals surface area contributed by atoms with Gasteiger partial charge in [0.05, 0.1) is 11.1 Å². The molecular formula is C12H10ClN3OS. The second-order valence-electron chi connectivity index (χ2n) is 3.97. The Morgan fingerprint density at radius 2 is 2.22 bits per heavy atom. The molecule has 2 aromatic heterocycles. The normalized spacial score (nSPS) is 13.1. The minimum absolute atomic E-state index is 0.0864. The number of nitrogens with zero attached hydrogens (tertiary/aromatic N) is 2. The zero-order valence-corrected chi connectivity index (χ0v) is 11.1. The second-order valence-corrected chi connectivity index (χ2v) is 5.26. The van der Waals surface area contributed by atoms with Crippen molar-refractivity contribution in [2.45, 2.75) is 13.0 Å². The summed E-state index contributed by atoms with van der Waals surface area (Å²) in [7, 11) is 0. The number of halogens is 1. The minimum Gasteiger partial charge on any atom is -0.433 e. The quantitative estimate of drug-likeness (QED) is 0.778. The van der Waals surface area contributed by atoms with E-state index in [0.717, 1.165) is 10.5 Å². The van der Waals surface area contributed by atoms with Crippen molar-refractivity contribution in [1.29, 1.82) is 0 Å². The van der Waals surface area contributed by atoms with Gasteiger partial charge in [0.15, 0.2) is 5.58 Å². The standard InChI is InChI=1S/C12H10ClN3OS/c1-6(14)12-16-9(5-18-12)11-15-8-4-2-3-7(13)10(8)17-11/h2-6H,14H2,1H3. The number of nitrogens with two attached hydrogens (primary N) is 1. The largest absolute Gasteiger partial charge is 0.433 e. The predicted molar refractivity (Wildman–Crippen MR) is 72.7 cm³/mol. The molecule has 4 nitrogen and oxygen atoms in total. The molecule has 3 aromatic rings. The van der Waals surface area contributed by atoms with Gasteiger partial charge in [-0.3, -0.25) is 0 Å². The van der Waals surface area contributed by atoms with Crippen LogP contribution in [0.15, 0.2) is 28.0 Å². The fraction of sp³-hybridized carbons (Fsp3) is 0.167. The molecule has 18 heavy (non-hydrogen) atoms. The van der Waals surface area contributed by atoms with Crippen LogP contribution in [0, 0.1) is 0 Å². The van der Waals surface area contributed by atoms with Crippen molar-refractivity contribution in [2.75, 3.05) is 0 Å². The number of fused-ring (bicyclic) bond motifs is 1. The van der Waals surface area contributed by atoms with Crippen molar-refractivity contribution >= 4 is 34.0 Å². The topological polar surface area (TPSA) is 64.9 Å². The fourth-order valence-electron chi connectivity index (χ4n) is 1.62. The highest BCUT2D eigenvalue weighted by molar-refractivity contribution is 7.10. The number of benzene rings is 1. The number of hydrogen-bond donors (Lipinski definition) is 1. The van der Waals surface area contributed by atoms with E-state index in [0.29, 0.717) is 22.2 Å². The van der Waals surface area contributed by atoms with Crippen LogP contribution in [0.4, 0.5) is 0 Å². The van der Waals surface area contributed by atoms with Gasteiger partial charge < -0.3 is 10.2 Å². The molecule has 3 rings (SSSR count). The first kappa shape index (κ1) is 11.6. The van der Waals surface area contributed by atoms with E-state index in [4.69, 9.17) is 21.8 Å². The summed E-state index contributed by atoms with van der Waals surface area (Å²) in [5.41, 5.74) is 7.79. The molecule has 1 aromatic carbocycles. The lowest BCUT2D eigenvalue weighted by molar-refractivity contribution is 0.616. The van der Waals surface area contributed by atoms with Crippen LogP contribution in [0.3, 0.4) is 0 Å². The number of oxazole rings is 1.